The Morgan fingerprint density at radius 1 is 1.05 bits per heavy atom. The molecule has 106 valence electrons. The van der Waals surface area contributed by atoms with E-state index < -0.39 is 0 Å². The Morgan fingerprint density at radius 2 is 1.74 bits per heavy atom. The minimum atomic E-state index is 0.310. The van der Waals surface area contributed by atoms with Gasteiger partial charge in [0.25, 0.3) is 0 Å². The molecule has 19 heavy (non-hydrogen) atoms. The van der Waals surface area contributed by atoms with E-state index in [1.54, 1.807) is 0 Å². The average molecular weight is 259 g/mol. The van der Waals surface area contributed by atoms with Crippen LogP contribution >= 0.6 is 0 Å². The van der Waals surface area contributed by atoms with Gasteiger partial charge in [-0.15, -0.1) is 0 Å². The lowest BCUT2D eigenvalue weighted by atomic mass is 9.77. The molecule has 1 atom stereocenters. The average Bonchev–Trinajstić information content (AvgIpc) is 2.66. The third kappa shape index (κ3) is 3.60. The van der Waals surface area contributed by atoms with Gasteiger partial charge in [-0.2, -0.15) is 0 Å². The predicted octanol–water partition coefficient (Wildman–Crippen LogP) is 4.35. The summed E-state index contributed by atoms with van der Waals surface area (Å²) in [4.78, 5) is 0. The number of hydrogen-bond acceptors (Lipinski definition) is 1. The first-order valence-corrected chi connectivity index (χ1v) is 7.99. The first kappa shape index (κ1) is 14.6. The maximum Gasteiger partial charge on any atom is 0.0244 e. The number of nitrogens with one attached hydrogen (secondary N) is 1. The first-order valence-electron chi connectivity index (χ1n) is 7.99. The zero-order chi connectivity index (χ0) is 13.7. The van der Waals surface area contributed by atoms with E-state index in [-0.39, 0.29) is 0 Å². The summed E-state index contributed by atoms with van der Waals surface area (Å²) in [6.07, 6.45) is 7.72. The molecule has 0 aromatic heterocycles. The van der Waals surface area contributed by atoms with Gasteiger partial charge in [-0.25, -0.2) is 0 Å². The third-order valence-electron chi connectivity index (χ3n) is 4.83. The Labute approximate surface area is 118 Å². The van der Waals surface area contributed by atoms with E-state index >= 15 is 0 Å². The lowest BCUT2D eigenvalue weighted by Crippen LogP contribution is -2.50. The van der Waals surface area contributed by atoms with Gasteiger partial charge in [-0.1, -0.05) is 57.9 Å². The number of rotatable bonds is 4. The predicted molar refractivity (Wildman–Crippen MR) is 83.6 cm³/mol. The van der Waals surface area contributed by atoms with Crippen LogP contribution in [-0.4, -0.2) is 12.1 Å². The van der Waals surface area contributed by atoms with E-state index in [0.717, 1.165) is 6.42 Å². The maximum absolute atomic E-state index is 3.87. The molecule has 0 amide bonds. The molecule has 0 bridgehead atoms. The van der Waals surface area contributed by atoms with Crippen LogP contribution in [0.4, 0.5) is 0 Å². The molecule has 1 nitrogen and oxygen atoms in total. The van der Waals surface area contributed by atoms with Crippen LogP contribution in [0.2, 0.25) is 0 Å². The molecule has 1 aromatic carbocycles. The summed E-state index contributed by atoms with van der Waals surface area (Å²) in [5.41, 5.74) is 3.24. The van der Waals surface area contributed by atoms with Gasteiger partial charge in [0.15, 0.2) is 0 Å². The highest BCUT2D eigenvalue weighted by Crippen LogP contribution is 2.30. The zero-order valence-corrected chi connectivity index (χ0v) is 12.8. The second-order valence-electron chi connectivity index (χ2n) is 6.40. The summed E-state index contributed by atoms with van der Waals surface area (Å²) < 4.78 is 0. The van der Waals surface area contributed by atoms with Gasteiger partial charge >= 0.3 is 0 Å². The normalized spacial score (nSPS) is 24.4. The first-order chi connectivity index (χ1) is 9.16. The van der Waals surface area contributed by atoms with Crippen molar-refractivity contribution in [1.29, 1.82) is 0 Å². The Kier molecular flexibility index (Phi) is 5.04. The smallest absolute Gasteiger partial charge is 0.0244 e. The van der Waals surface area contributed by atoms with Crippen LogP contribution in [-0.2, 0) is 12.8 Å². The van der Waals surface area contributed by atoms with Gasteiger partial charge in [0.05, 0.1) is 0 Å². The molecule has 0 saturated carbocycles. The maximum atomic E-state index is 3.87. The summed E-state index contributed by atoms with van der Waals surface area (Å²) in [7, 11) is 0. The second-order valence-corrected chi connectivity index (χ2v) is 6.40. The molecule has 0 spiro atoms. The fourth-order valence-electron chi connectivity index (χ4n) is 3.27. The van der Waals surface area contributed by atoms with E-state index in [1.165, 1.54) is 49.8 Å². The lowest BCUT2D eigenvalue weighted by molar-refractivity contribution is 0.226. The highest BCUT2D eigenvalue weighted by molar-refractivity contribution is 5.24. The van der Waals surface area contributed by atoms with Gasteiger partial charge in [0.1, 0.15) is 0 Å². The molecule has 1 heteroatoms. The molecular weight excluding hydrogens is 230 g/mol. The van der Waals surface area contributed by atoms with Crippen LogP contribution in [0.3, 0.4) is 0 Å². The Balaban J connectivity index is 2.14. The van der Waals surface area contributed by atoms with Gasteiger partial charge in [-0.3, -0.25) is 0 Å². The highest BCUT2D eigenvalue weighted by Gasteiger charge is 2.33. The van der Waals surface area contributed by atoms with Crippen molar-refractivity contribution >= 4 is 0 Å². The van der Waals surface area contributed by atoms with Crippen LogP contribution in [0, 0.1) is 5.92 Å². The standard InChI is InChI=1S/C18H29N/c1-4-16-8-10-17(11-9-16)14-18(15(2)3)12-6-5-7-13-19-18/h8-11,15,19H,4-7,12-14H2,1-3H3. The molecule has 1 unspecified atom stereocenters. The quantitative estimate of drug-likeness (QED) is 0.847. The van der Waals surface area contributed by atoms with Crippen molar-refractivity contribution < 1.29 is 0 Å². The fraction of sp³-hybridized carbons (Fsp3) is 0.667. The Hall–Kier alpha value is -0.820. The molecule has 1 N–H and O–H groups in total. The SMILES string of the molecule is CCc1ccc(CC2(C(C)C)CCCCCN2)cc1. The van der Waals surface area contributed by atoms with Crippen molar-refractivity contribution in [2.45, 2.75) is 64.8 Å². The molecular formula is C18H29N. The van der Waals surface area contributed by atoms with Gasteiger partial charge in [0.2, 0.25) is 0 Å². The molecule has 1 saturated heterocycles. The highest BCUT2D eigenvalue weighted by atomic mass is 15.0. The van der Waals surface area contributed by atoms with Crippen molar-refractivity contribution in [2.24, 2.45) is 5.92 Å². The fourth-order valence-corrected chi connectivity index (χ4v) is 3.27. The van der Waals surface area contributed by atoms with E-state index in [9.17, 15) is 0 Å². The second kappa shape index (κ2) is 6.56. The minimum absolute atomic E-state index is 0.310. The van der Waals surface area contributed by atoms with Crippen molar-refractivity contribution in [2.75, 3.05) is 6.54 Å². The monoisotopic (exact) mass is 259 g/mol. The van der Waals surface area contributed by atoms with Crippen molar-refractivity contribution in [3.05, 3.63) is 35.4 Å². The summed E-state index contributed by atoms with van der Waals surface area (Å²) in [6.45, 7) is 8.15. The molecule has 1 aliphatic rings. The van der Waals surface area contributed by atoms with Crippen molar-refractivity contribution in [3.8, 4) is 0 Å². The van der Waals surface area contributed by atoms with Crippen LogP contribution in [0.15, 0.2) is 24.3 Å². The van der Waals surface area contributed by atoms with Crippen LogP contribution in [0.5, 0.6) is 0 Å². The van der Waals surface area contributed by atoms with Gasteiger partial charge in [0, 0.05) is 5.54 Å². The summed E-state index contributed by atoms with van der Waals surface area (Å²) in [5.74, 6) is 0.691. The van der Waals surface area contributed by atoms with E-state index in [2.05, 4.69) is 50.4 Å². The van der Waals surface area contributed by atoms with Crippen LogP contribution < -0.4 is 5.32 Å². The molecule has 0 radical (unpaired) electrons. The zero-order valence-electron chi connectivity index (χ0n) is 12.8. The lowest BCUT2D eigenvalue weighted by Gasteiger charge is -2.38. The molecule has 2 rings (SSSR count). The molecule has 1 aliphatic heterocycles. The van der Waals surface area contributed by atoms with Crippen molar-refractivity contribution in [1.82, 2.24) is 5.32 Å². The Bertz CT molecular complexity index is 369. The van der Waals surface area contributed by atoms with Gasteiger partial charge in [-0.05, 0) is 49.3 Å². The molecule has 0 aliphatic carbocycles. The number of hydrogen-bond donors (Lipinski definition) is 1. The van der Waals surface area contributed by atoms with E-state index in [1.807, 2.05) is 0 Å². The van der Waals surface area contributed by atoms with Crippen LogP contribution in [0.1, 0.15) is 57.6 Å². The summed E-state index contributed by atoms with van der Waals surface area (Å²) >= 11 is 0. The molecule has 1 fully saturated rings. The Morgan fingerprint density at radius 3 is 2.37 bits per heavy atom. The number of benzene rings is 1. The van der Waals surface area contributed by atoms with E-state index in [4.69, 9.17) is 0 Å². The summed E-state index contributed by atoms with van der Waals surface area (Å²) in [5, 5.41) is 3.87. The minimum Gasteiger partial charge on any atom is -0.311 e. The number of aryl methyl sites for hydroxylation is 1. The van der Waals surface area contributed by atoms with Gasteiger partial charge < -0.3 is 5.32 Å². The third-order valence-corrected chi connectivity index (χ3v) is 4.83. The summed E-state index contributed by atoms with van der Waals surface area (Å²) in [6, 6.07) is 9.24. The largest absolute Gasteiger partial charge is 0.311 e. The molecule has 1 aromatic rings. The topological polar surface area (TPSA) is 12.0 Å². The molecule has 1 heterocycles. The van der Waals surface area contributed by atoms with Crippen molar-refractivity contribution in [3.63, 3.8) is 0 Å². The van der Waals surface area contributed by atoms with E-state index in [0.29, 0.717) is 11.5 Å². The van der Waals surface area contributed by atoms with Crippen LogP contribution in [0.25, 0.3) is 0 Å².